The van der Waals surface area contributed by atoms with Crippen LogP contribution < -0.4 is 15.5 Å². The van der Waals surface area contributed by atoms with Crippen LogP contribution in [0.25, 0.3) is 11.1 Å². The van der Waals surface area contributed by atoms with E-state index >= 15 is 0 Å². The molecule has 56 heavy (non-hydrogen) atoms. The van der Waals surface area contributed by atoms with Crippen LogP contribution in [-0.2, 0) is 37.0 Å². The minimum absolute atomic E-state index is 0.0161. The van der Waals surface area contributed by atoms with Gasteiger partial charge in [0.2, 0.25) is 11.8 Å². The van der Waals surface area contributed by atoms with Crippen LogP contribution in [0, 0.1) is 0 Å². The van der Waals surface area contributed by atoms with Crippen molar-refractivity contribution in [3.63, 3.8) is 0 Å². The number of amides is 2. The fourth-order valence-corrected chi connectivity index (χ4v) is 8.18. The number of unbranched alkanes of at least 4 members (excludes halogenated alkanes) is 2. The second-order valence-electron chi connectivity index (χ2n) is 15.2. The molecule has 3 fully saturated rings. The average Bonchev–Trinajstić information content (AvgIpc) is 3.55. The number of benzene rings is 4. The van der Waals surface area contributed by atoms with E-state index in [1.807, 2.05) is 54.6 Å². The number of aliphatic hydroxyl groups excluding tert-OH is 1. The Bertz CT molecular complexity index is 1930. The largest absolute Gasteiger partial charge is 0.481 e. The molecule has 1 spiro atoms. The molecule has 3 heterocycles. The number of para-hydroxylation sites is 1. The summed E-state index contributed by atoms with van der Waals surface area (Å²) in [4.78, 5) is 41.0. The van der Waals surface area contributed by atoms with Gasteiger partial charge in [-0.25, -0.2) is 0 Å². The Morgan fingerprint density at radius 2 is 1.54 bits per heavy atom. The predicted octanol–water partition coefficient (Wildman–Crippen LogP) is 6.47. The molecule has 0 saturated carbocycles. The number of carboxylic acid groups (broad SMARTS) is 1. The highest BCUT2D eigenvalue weighted by Crippen LogP contribution is 2.40. The van der Waals surface area contributed by atoms with Gasteiger partial charge in [-0.3, -0.25) is 14.4 Å². The van der Waals surface area contributed by atoms with Crippen LogP contribution >= 0.6 is 0 Å². The van der Waals surface area contributed by atoms with Crippen molar-refractivity contribution in [2.75, 3.05) is 31.2 Å². The van der Waals surface area contributed by atoms with Gasteiger partial charge in [0.15, 0.2) is 6.29 Å². The number of rotatable bonds is 15. The zero-order valence-corrected chi connectivity index (χ0v) is 31.8. The molecule has 4 aromatic carbocycles. The highest BCUT2D eigenvalue weighted by atomic mass is 16.7. The molecule has 3 saturated heterocycles. The third-order valence-corrected chi connectivity index (χ3v) is 11.4. The van der Waals surface area contributed by atoms with Crippen molar-refractivity contribution in [3.05, 3.63) is 125 Å². The third kappa shape index (κ3) is 9.47. The molecule has 3 unspecified atom stereocenters. The maximum absolute atomic E-state index is 13.3. The lowest BCUT2D eigenvalue weighted by Gasteiger charge is -2.45. The standard InChI is InChI=1S/C45H52N4O7/c50-30-32-14-16-35(17-15-32)40-27-39(29-48-24-22-45(23-25-48)44(54)47-31-49(45)38-10-3-1-4-11-38)55-43(56-40)36-20-18-34(19-21-36)37-9-7-8-33(26-37)28-46-41(51)12-5-2-6-13-42(52)53/h1,3-4,7-11,14-21,26,39-40,43,50H,2,5-6,12-13,22-25,27-31H2,(H,46,51)(H,47,54)(H,52,53). The second-order valence-corrected chi connectivity index (χ2v) is 15.2. The van der Waals surface area contributed by atoms with Gasteiger partial charge in [0.25, 0.3) is 0 Å². The first-order valence-corrected chi connectivity index (χ1v) is 19.8. The van der Waals surface area contributed by atoms with Gasteiger partial charge < -0.3 is 40.1 Å². The average molecular weight is 761 g/mol. The zero-order chi connectivity index (χ0) is 38.9. The predicted molar refractivity (Wildman–Crippen MR) is 213 cm³/mol. The van der Waals surface area contributed by atoms with Crippen LogP contribution in [0.15, 0.2) is 103 Å². The summed E-state index contributed by atoms with van der Waals surface area (Å²) in [5.74, 6) is -0.738. The van der Waals surface area contributed by atoms with E-state index in [1.54, 1.807) is 0 Å². The molecule has 0 aromatic heterocycles. The number of likely N-dealkylation sites (tertiary alicyclic amines) is 1. The van der Waals surface area contributed by atoms with Crippen molar-refractivity contribution in [1.29, 1.82) is 0 Å². The van der Waals surface area contributed by atoms with E-state index in [2.05, 4.69) is 69.0 Å². The third-order valence-electron chi connectivity index (χ3n) is 11.4. The molecule has 11 nitrogen and oxygen atoms in total. The fourth-order valence-electron chi connectivity index (χ4n) is 8.18. The summed E-state index contributed by atoms with van der Waals surface area (Å²) >= 11 is 0. The van der Waals surface area contributed by atoms with E-state index < -0.39 is 17.8 Å². The first-order valence-electron chi connectivity index (χ1n) is 19.8. The van der Waals surface area contributed by atoms with E-state index in [0.717, 1.165) is 78.0 Å². The van der Waals surface area contributed by atoms with Crippen LogP contribution in [0.5, 0.6) is 0 Å². The first kappa shape index (κ1) is 39.2. The van der Waals surface area contributed by atoms with E-state index in [1.165, 1.54) is 0 Å². The van der Waals surface area contributed by atoms with Crippen LogP contribution in [-0.4, -0.2) is 70.8 Å². The summed E-state index contributed by atoms with van der Waals surface area (Å²) in [7, 11) is 0. The summed E-state index contributed by atoms with van der Waals surface area (Å²) in [5, 5.41) is 24.5. The topological polar surface area (TPSA) is 141 Å². The van der Waals surface area contributed by atoms with E-state index in [-0.39, 0.29) is 37.0 Å². The fraction of sp³-hybridized carbons (Fsp3) is 0.400. The monoisotopic (exact) mass is 760 g/mol. The molecule has 0 aliphatic carbocycles. The first-order chi connectivity index (χ1) is 27.3. The Morgan fingerprint density at radius 3 is 2.27 bits per heavy atom. The Morgan fingerprint density at radius 1 is 0.804 bits per heavy atom. The number of ether oxygens (including phenoxy) is 2. The number of aliphatic hydroxyl groups is 1. The van der Waals surface area contributed by atoms with Crippen LogP contribution in [0.2, 0.25) is 0 Å². The van der Waals surface area contributed by atoms with Crippen molar-refractivity contribution >= 4 is 23.5 Å². The van der Waals surface area contributed by atoms with Gasteiger partial charge >= 0.3 is 5.97 Å². The molecule has 4 N–H and O–H groups in total. The number of carbonyl (C=O) groups is 3. The summed E-state index contributed by atoms with van der Waals surface area (Å²) < 4.78 is 13.4. The Hall–Kier alpha value is -5.07. The maximum Gasteiger partial charge on any atom is 0.303 e. The normalized spacial score (nSPS) is 20.8. The Labute approximate surface area is 328 Å². The molecule has 11 heteroatoms. The molecule has 0 radical (unpaired) electrons. The van der Waals surface area contributed by atoms with Gasteiger partial charge in [-0.1, -0.05) is 91.3 Å². The number of carbonyl (C=O) groups excluding carboxylic acids is 2. The minimum Gasteiger partial charge on any atom is -0.481 e. The highest BCUT2D eigenvalue weighted by molar-refractivity contribution is 5.93. The number of nitrogens with one attached hydrogen (secondary N) is 2. The van der Waals surface area contributed by atoms with Gasteiger partial charge in [0.1, 0.15) is 5.54 Å². The number of carboxylic acids is 1. The molecular weight excluding hydrogens is 709 g/mol. The van der Waals surface area contributed by atoms with Crippen LogP contribution in [0.1, 0.15) is 86.0 Å². The van der Waals surface area contributed by atoms with E-state index in [4.69, 9.17) is 14.6 Å². The van der Waals surface area contributed by atoms with Crippen molar-refractivity contribution in [2.45, 2.75) is 88.6 Å². The Balaban J connectivity index is 0.996. The summed E-state index contributed by atoms with van der Waals surface area (Å²) in [6, 6.07) is 34.5. The van der Waals surface area contributed by atoms with E-state index in [9.17, 15) is 19.5 Å². The Kier molecular flexibility index (Phi) is 12.8. The SMILES string of the molecule is O=C(O)CCCCCC(=O)NCc1cccc(-c2ccc(C3OC(CN4CCC5(CC4)C(=O)NCN5c4ccccc4)CC(c4ccc(CO)cc4)O3)cc2)c1. The van der Waals surface area contributed by atoms with Crippen molar-refractivity contribution in [1.82, 2.24) is 15.5 Å². The minimum atomic E-state index is -0.806. The number of nitrogens with zero attached hydrogens (tertiary/aromatic N) is 2. The highest BCUT2D eigenvalue weighted by Gasteiger charge is 2.50. The number of hydrogen-bond acceptors (Lipinski definition) is 8. The molecule has 4 aromatic rings. The quantitative estimate of drug-likeness (QED) is 0.100. The molecule has 3 atom stereocenters. The van der Waals surface area contributed by atoms with Crippen molar-refractivity contribution in [2.24, 2.45) is 0 Å². The number of anilines is 1. The maximum atomic E-state index is 13.3. The molecule has 2 amide bonds. The summed E-state index contributed by atoms with van der Waals surface area (Å²) in [5.41, 5.74) is 6.38. The van der Waals surface area contributed by atoms with Crippen LogP contribution in [0.4, 0.5) is 5.69 Å². The lowest BCUT2D eigenvalue weighted by atomic mass is 9.85. The van der Waals surface area contributed by atoms with Crippen molar-refractivity contribution in [3.8, 4) is 11.1 Å². The number of piperidine rings is 1. The summed E-state index contributed by atoms with van der Waals surface area (Å²) in [6.07, 6.45) is 3.75. The van der Waals surface area contributed by atoms with Crippen molar-refractivity contribution < 1.29 is 34.1 Å². The van der Waals surface area contributed by atoms with Gasteiger partial charge in [0, 0.05) is 56.7 Å². The number of hydrogen-bond donors (Lipinski definition) is 4. The molecule has 0 bridgehead atoms. The van der Waals surface area contributed by atoms with Gasteiger partial charge in [0.05, 0.1) is 25.5 Å². The van der Waals surface area contributed by atoms with Crippen LogP contribution in [0.3, 0.4) is 0 Å². The molecule has 294 valence electrons. The molecule has 3 aliphatic heterocycles. The van der Waals surface area contributed by atoms with E-state index in [0.29, 0.717) is 38.9 Å². The van der Waals surface area contributed by atoms with Gasteiger partial charge in [-0.15, -0.1) is 0 Å². The van der Waals surface area contributed by atoms with Gasteiger partial charge in [-0.2, -0.15) is 0 Å². The lowest BCUT2D eigenvalue weighted by molar-refractivity contribution is -0.253. The smallest absolute Gasteiger partial charge is 0.303 e. The molecular formula is C45H52N4O7. The zero-order valence-electron chi connectivity index (χ0n) is 31.8. The number of aliphatic carboxylic acids is 1. The molecule has 7 rings (SSSR count). The van der Waals surface area contributed by atoms with Gasteiger partial charge in [-0.05, 0) is 71.7 Å². The lowest BCUT2D eigenvalue weighted by Crippen LogP contribution is -2.57. The molecule has 3 aliphatic rings. The second kappa shape index (κ2) is 18.3. The summed E-state index contributed by atoms with van der Waals surface area (Å²) in [6.45, 7) is 3.21.